The zero-order chi connectivity index (χ0) is 25.6. The first kappa shape index (κ1) is 23.1. The molecule has 12 nitrogen and oxygen atoms in total. The van der Waals surface area contributed by atoms with Crippen LogP contribution in [0.1, 0.15) is 71.1 Å². The summed E-state index contributed by atoms with van der Waals surface area (Å²) in [5.74, 6) is -0.631. The van der Waals surface area contributed by atoms with Gasteiger partial charge in [0.15, 0.2) is 11.3 Å². The Hall–Kier alpha value is -4.03. The average Bonchev–Trinajstić information content (AvgIpc) is 3.27. The highest BCUT2D eigenvalue weighted by molar-refractivity contribution is 6.11. The molecule has 2 saturated carbocycles. The molecule has 12 heteroatoms. The fraction of sp³-hybridized carbons (Fsp3) is 0.423. The molecule has 3 fully saturated rings. The molecule has 3 aromatic rings. The summed E-state index contributed by atoms with van der Waals surface area (Å²) < 4.78 is 3.40. The zero-order valence-corrected chi connectivity index (χ0v) is 21.0. The van der Waals surface area contributed by atoms with Crippen LogP contribution in [0.15, 0.2) is 43.0 Å². The van der Waals surface area contributed by atoms with Gasteiger partial charge in [0.25, 0.3) is 11.8 Å². The van der Waals surface area contributed by atoms with E-state index in [4.69, 9.17) is 4.98 Å². The lowest BCUT2D eigenvalue weighted by molar-refractivity contribution is 0.0107. The van der Waals surface area contributed by atoms with Gasteiger partial charge < -0.3 is 10.6 Å². The number of anilines is 1. The third-order valence-electron chi connectivity index (χ3n) is 7.54. The van der Waals surface area contributed by atoms with E-state index in [2.05, 4.69) is 42.5 Å². The largest absolute Gasteiger partial charge is 0.348 e. The minimum absolute atomic E-state index is 0.198. The lowest BCUT2D eigenvalue weighted by Crippen LogP contribution is -2.44. The molecule has 0 radical (unpaired) electrons. The van der Waals surface area contributed by atoms with Gasteiger partial charge in [-0.1, -0.05) is 6.08 Å². The van der Waals surface area contributed by atoms with E-state index in [1.54, 1.807) is 16.9 Å². The number of rotatable bonds is 7. The van der Waals surface area contributed by atoms with E-state index in [9.17, 15) is 9.59 Å². The number of allylic oxidation sites excluding steroid dienone is 2. The van der Waals surface area contributed by atoms with E-state index in [1.807, 2.05) is 23.0 Å². The van der Waals surface area contributed by atoms with Gasteiger partial charge >= 0.3 is 0 Å². The molecule has 5 heterocycles. The van der Waals surface area contributed by atoms with Crippen LogP contribution in [0.4, 0.5) is 5.69 Å². The number of fused-ring (bicyclic) bond motifs is 1. The molecule has 2 amide bonds. The van der Waals surface area contributed by atoms with Crippen molar-refractivity contribution in [1.82, 2.24) is 45.2 Å². The minimum atomic E-state index is -0.377. The van der Waals surface area contributed by atoms with E-state index in [-0.39, 0.29) is 29.6 Å². The second-order valence-electron chi connectivity index (χ2n) is 10.3. The lowest BCUT2D eigenvalue weighted by Gasteiger charge is -2.31. The Labute approximate surface area is 219 Å². The summed E-state index contributed by atoms with van der Waals surface area (Å²) in [5.41, 5.74) is 6.54. The second-order valence-corrected chi connectivity index (χ2v) is 10.3. The first-order valence-corrected chi connectivity index (χ1v) is 13.3. The number of nitrogens with one attached hydrogen (secondary N) is 3. The first-order valence-electron chi connectivity index (χ1n) is 13.3. The quantitative estimate of drug-likeness (QED) is 0.438. The third-order valence-corrected chi connectivity index (χ3v) is 7.54. The summed E-state index contributed by atoms with van der Waals surface area (Å²) in [7, 11) is 0. The molecule has 7 rings (SSSR count). The number of aromatic nitrogens is 5. The van der Waals surface area contributed by atoms with Gasteiger partial charge in [-0.2, -0.15) is 15.3 Å². The highest BCUT2D eigenvalue weighted by atomic mass is 16.2. The molecule has 0 aromatic carbocycles. The van der Waals surface area contributed by atoms with Crippen molar-refractivity contribution in [3.8, 4) is 0 Å². The molecule has 38 heavy (non-hydrogen) atoms. The van der Waals surface area contributed by atoms with Gasteiger partial charge in [0, 0.05) is 37.7 Å². The number of nitrogens with zero attached hydrogens (tertiary/aromatic N) is 7. The molecule has 4 aliphatic rings. The summed E-state index contributed by atoms with van der Waals surface area (Å²) in [6, 6.07) is 2.36. The van der Waals surface area contributed by atoms with Crippen molar-refractivity contribution in [3.63, 3.8) is 0 Å². The maximum Gasteiger partial charge on any atom is 0.274 e. The summed E-state index contributed by atoms with van der Waals surface area (Å²) in [5, 5.41) is 19.0. The van der Waals surface area contributed by atoms with Gasteiger partial charge in [0.1, 0.15) is 5.56 Å². The molecule has 196 valence electrons. The highest BCUT2D eigenvalue weighted by Gasteiger charge is 2.30. The average molecular weight is 515 g/mol. The Morgan fingerprint density at radius 1 is 1.11 bits per heavy atom. The van der Waals surface area contributed by atoms with Crippen molar-refractivity contribution in [2.75, 3.05) is 25.0 Å². The van der Waals surface area contributed by atoms with Gasteiger partial charge in [-0.15, -0.1) is 0 Å². The molecule has 0 atom stereocenters. The Kier molecular flexibility index (Phi) is 5.70. The van der Waals surface area contributed by atoms with Gasteiger partial charge in [-0.3, -0.25) is 19.3 Å². The van der Waals surface area contributed by atoms with Crippen LogP contribution in [0.3, 0.4) is 0 Å². The topological polar surface area (TPSA) is 125 Å². The second kappa shape index (κ2) is 9.37. The Morgan fingerprint density at radius 3 is 2.71 bits per heavy atom. The lowest BCUT2D eigenvalue weighted by atomic mass is 9.93. The first-order chi connectivity index (χ1) is 18.6. The molecule has 3 aromatic heterocycles. The third kappa shape index (κ3) is 4.35. The van der Waals surface area contributed by atoms with Crippen LogP contribution in [-0.4, -0.2) is 72.0 Å². The zero-order valence-electron chi connectivity index (χ0n) is 21.0. The van der Waals surface area contributed by atoms with Crippen molar-refractivity contribution in [2.24, 2.45) is 0 Å². The molecule has 2 aliphatic heterocycles. The monoisotopic (exact) mass is 514 g/mol. The van der Waals surface area contributed by atoms with E-state index in [0.717, 1.165) is 69.4 Å². The summed E-state index contributed by atoms with van der Waals surface area (Å²) in [4.78, 5) is 31.1. The smallest absolute Gasteiger partial charge is 0.274 e. The summed E-state index contributed by atoms with van der Waals surface area (Å²) in [6.07, 6.45) is 17.5. The van der Waals surface area contributed by atoms with Gasteiger partial charge in [0.05, 0.1) is 30.2 Å². The number of hydrazine groups is 2. The Balaban J connectivity index is 1.13. The Bertz CT molecular complexity index is 1460. The van der Waals surface area contributed by atoms with Crippen LogP contribution in [-0.2, 0) is 0 Å². The molecule has 0 spiro atoms. The molecule has 1 saturated heterocycles. The number of carbonyl (C=O) groups is 2. The summed E-state index contributed by atoms with van der Waals surface area (Å²) >= 11 is 0. The van der Waals surface area contributed by atoms with E-state index in [1.165, 1.54) is 6.20 Å². The molecule has 0 bridgehead atoms. The van der Waals surface area contributed by atoms with Gasteiger partial charge in [0.2, 0.25) is 0 Å². The number of amides is 2. The van der Waals surface area contributed by atoms with Crippen LogP contribution in [0.25, 0.3) is 11.2 Å². The predicted octanol–water partition coefficient (Wildman–Crippen LogP) is 2.13. The van der Waals surface area contributed by atoms with Crippen molar-refractivity contribution < 1.29 is 9.59 Å². The van der Waals surface area contributed by atoms with Crippen LogP contribution < -0.4 is 16.1 Å². The van der Waals surface area contributed by atoms with Crippen LogP contribution in [0, 0.1) is 0 Å². The molecule has 2 aliphatic carbocycles. The molecular weight excluding hydrogens is 484 g/mol. The van der Waals surface area contributed by atoms with Crippen molar-refractivity contribution in [1.29, 1.82) is 0 Å². The van der Waals surface area contributed by atoms with Crippen LogP contribution in [0.2, 0.25) is 0 Å². The molecule has 0 unspecified atom stereocenters. The van der Waals surface area contributed by atoms with Crippen molar-refractivity contribution in [2.45, 2.75) is 50.6 Å². The van der Waals surface area contributed by atoms with Crippen LogP contribution >= 0.6 is 0 Å². The fourth-order valence-corrected chi connectivity index (χ4v) is 4.94. The van der Waals surface area contributed by atoms with Gasteiger partial charge in [-0.05, 0) is 56.2 Å². The van der Waals surface area contributed by atoms with E-state index < -0.39 is 0 Å². The Morgan fingerprint density at radius 2 is 2.00 bits per heavy atom. The predicted molar refractivity (Wildman–Crippen MR) is 140 cm³/mol. The maximum atomic E-state index is 13.4. The van der Waals surface area contributed by atoms with Gasteiger partial charge in [-0.25, -0.2) is 14.9 Å². The molecular formula is C26H30N10O2. The SMILES string of the molecule is O=C(NC1CC1)c1nn(C2CCC2)cc1NC(=O)c1cnn2ccc(C3=CCN(N4CCCN4)C=C3)nc12. The number of hydrogen-bond donors (Lipinski definition) is 3. The van der Waals surface area contributed by atoms with E-state index in [0.29, 0.717) is 16.9 Å². The number of hydrogen-bond acceptors (Lipinski definition) is 8. The van der Waals surface area contributed by atoms with Crippen molar-refractivity contribution >= 4 is 28.7 Å². The van der Waals surface area contributed by atoms with Crippen molar-refractivity contribution in [3.05, 3.63) is 60.0 Å². The number of carbonyl (C=O) groups excluding carboxylic acids is 2. The van der Waals surface area contributed by atoms with E-state index >= 15 is 0 Å². The standard InChI is InChI=1S/C26H30N10O2/c37-25(31-22-16-35(19-3-1-4-19)32-23(22)26(38)29-18-5-6-18)20-15-28-34-14-9-21(30-24(20)34)17-7-12-33(13-8-17)36-11-2-10-27-36/h7-9,12,14-16,18-19,27H,1-6,10-11,13H2,(H,29,38)(H,31,37). The fourth-order valence-electron chi connectivity index (χ4n) is 4.94. The maximum absolute atomic E-state index is 13.4. The minimum Gasteiger partial charge on any atom is -0.348 e. The normalized spacial score (nSPS) is 20.0. The van der Waals surface area contributed by atoms with Crippen LogP contribution in [0.5, 0.6) is 0 Å². The summed E-state index contributed by atoms with van der Waals surface area (Å²) in [6.45, 7) is 2.70. The molecule has 3 N–H and O–H groups in total. The highest BCUT2D eigenvalue weighted by Crippen LogP contribution is 2.33.